The minimum Gasteiger partial charge on any atom is -0.326 e. The van der Waals surface area contributed by atoms with E-state index in [1.165, 1.54) is 30.3 Å². The van der Waals surface area contributed by atoms with Gasteiger partial charge in [-0.25, -0.2) is 4.39 Å². The van der Waals surface area contributed by atoms with Gasteiger partial charge in [-0.1, -0.05) is 46.9 Å². The molecule has 1 fully saturated rings. The van der Waals surface area contributed by atoms with Crippen LogP contribution in [0.2, 0.25) is 15.1 Å². The van der Waals surface area contributed by atoms with E-state index in [9.17, 15) is 31.9 Å². The number of benzene rings is 3. The number of anilines is 1. The second kappa shape index (κ2) is 11.5. The van der Waals surface area contributed by atoms with Crippen molar-refractivity contribution in [3.8, 4) is 0 Å². The van der Waals surface area contributed by atoms with E-state index in [4.69, 9.17) is 58.0 Å². The Morgan fingerprint density at radius 3 is 2.15 bits per heavy atom. The molecule has 0 heterocycles. The van der Waals surface area contributed by atoms with Gasteiger partial charge in [-0.05, 0) is 59.2 Å². The van der Waals surface area contributed by atoms with Gasteiger partial charge >= 0.3 is 6.18 Å². The van der Waals surface area contributed by atoms with Gasteiger partial charge < -0.3 is 5.32 Å². The Morgan fingerprint density at radius 1 is 0.875 bits per heavy atom. The van der Waals surface area contributed by atoms with Crippen LogP contribution in [0.15, 0.2) is 54.6 Å². The van der Waals surface area contributed by atoms with Crippen molar-refractivity contribution in [3.63, 3.8) is 0 Å². The van der Waals surface area contributed by atoms with E-state index >= 15 is 0 Å². The molecule has 1 aliphatic rings. The van der Waals surface area contributed by atoms with Gasteiger partial charge in [-0.15, -0.1) is 23.2 Å². The molecule has 1 saturated carbocycles. The number of hydrogen-bond acceptors (Lipinski definition) is 3. The highest BCUT2D eigenvalue weighted by Crippen LogP contribution is 2.65. The summed E-state index contributed by atoms with van der Waals surface area (Å²) in [7, 11) is 0. The average Bonchev–Trinajstić information content (AvgIpc) is 3.43. The fraction of sp³-hybridized carbons (Fsp3) is 0.222. The third-order valence-electron chi connectivity index (χ3n) is 6.26. The van der Waals surface area contributed by atoms with Crippen LogP contribution in [-0.4, -0.2) is 28.0 Å². The predicted octanol–water partition coefficient (Wildman–Crippen LogP) is 8.41. The maximum absolute atomic E-state index is 14.0. The Kier molecular flexibility index (Phi) is 8.79. The Hall–Kier alpha value is -2.36. The molecule has 1 N–H and O–H groups in total. The topological polar surface area (TPSA) is 63.2 Å². The fourth-order valence-electron chi connectivity index (χ4n) is 4.29. The smallest absolute Gasteiger partial charge is 0.326 e. The maximum atomic E-state index is 14.0. The molecule has 1 amide bonds. The van der Waals surface area contributed by atoms with E-state index in [1.807, 2.05) is 0 Å². The second-order valence-electron chi connectivity index (χ2n) is 9.14. The van der Waals surface area contributed by atoms with Crippen LogP contribution in [0, 0.1) is 11.7 Å². The van der Waals surface area contributed by atoms with E-state index in [0.29, 0.717) is 15.6 Å². The summed E-state index contributed by atoms with van der Waals surface area (Å²) in [6.45, 7) is 0. The summed E-state index contributed by atoms with van der Waals surface area (Å²) in [5.41, 5.74) is 0.438. The Morgan fingerprint density at radius 2 is 1.52 bits per heavy atom. The Bertz CT molecular complexity index is 1510. The number of halogens is 9. The van der Waals surface area contributed by atoms with E-state index in [-0.39, 0.29) is 28.3 Å². The zero-order chi connectivity index (χ0) is 29.6. The number of amides is 1. The molecule has 4 rings (SSSR count). The van der Waals surface area contributed by atoms with E-state index in [0.717, 1.165) is 12.1 Å². The molecule has 0 radical (unpaired) electrons. The molecule has 0 spiro atoms. The largest absolute Gasteiger partial charge is 0.450 e. The van der Waals surface area contributed by atoms with Gasteiger partial charge in [0.1, 0.15) is 10.2 Å². The van der Waals surface area contributed by atoms with Gasteiger partial charge in [-0.3, -0.25) is 14.4 Å². The summed E-state index contributed by atoms with van der Waals surface area (Å²) in [5.74, 6) is -5.69. The van der Waals surface area contributed by atoms with Crippen LogP contribution in [0.1, 0.15) is 33.0 Å². The first-order valence-corrected chi connectivity index (χ1v) is 13.3. The molecular formula is C27H16Cl5F4NO3. The molecule has 3 aromatic carbocycles. The first kappa shape index (κ1) is 30.6. The molecular weight excluding hydrogens is 640 g/mol. The summed E-state index contributed by atoms with van der Waals surface area (Å²) < 4.78 is 50.4. The Balaban J connectivity index is 1.49. The van der Waals surface area contributed by atoms with Gasteiger partial charge in [0.2, 0.25) is 11.7 Å². The molecule has 13 heteroatoms. The minimum absolute atomic E-state index is 0.00584. The summed E-state index contributed by atoms with van der Waals surface area (Å²) >= 11 is 31.1. The minimum atomic E-state index is -5.12. The van der Waals surface area contributed by atoms with Gasteiger partial charge in [0.15, 0.2) is 5.78 Å². The van der Waals surface area contributed by atoms with Crippen LogP contribution in [0.3, 0.4) is 0 Å². The van der Waals surface area contributed by atoms with Crippen molar-refractivity contribution in [1.29, 1.82) is 0 Å². The van der Waals surface area contributed by atoms with E-state index in [2.05, 4.69) is 5.32 Å². The van der Waals surface area contributed by atoms with Gasteiger partial charge in [0.25, 0.3) is 0 Å². The summed E-state index contributed by atoms with van der Waals surface area (Å²) in [6, 6.07) is 12.0. The number of alkyl halides is 5. The van der Waals surface area contributed by atoms with Crippen molar-refractivity contribution in [3.05, 3.63) is 97.7 Å². The summed E-state index contributed by atoms with van der Waals surface area (Å²) in [4.78, 5) is 37.3. The lowest BCUT2D eigenvalue weighted by molar-refractivity contribution is -0.170. The first-order valence-electron chi connectivity index (χ1n) is 11.4. The molecule has 2 atom stereocenters. The van der Waals surface area contributed by atoms with Gasteiger partial charge in [0.05, 0.1) is 10.9 Å². The highest BCUT2D eigenvalue weighted by atomic mass is 35.5. The number of rotatable bonds is 8. The average molecular weight is 656 g/mol. The van der Waals surface area contributed by atoms with Crippen molar-refractivity contribution >= 4 is 81.2 Å². The number of nitrogens with one attached hydrogen (secondary N) is 1. The lowest BCUT2D eigenvalue weighted by atomic mass is 9.98. The number of hydrogen-bond donors (Lipinski definition) is 1. The molecule has 0 aromatic heterocycles. The van der Waals surface area contributed by atoms with Crippen LogP contribution in [-0.2, 0) is 22.4 Å². The van der Waals surface area contributed by atoms with Crippen LogP contribution < -0.4 is 5.32 Å². The maximum Gasteiger partial charge on any atom is 0.450 e. The monoisotopic (exact) mass is 653 g/mol. The third-order valence-corrected chi connectivity index (χ3v) is 7.96. The van der Waals surface area contributed by atoms with Crippen LogP contribution >= 0.6 is 58.0 Å². The van der Waals surface area contributed by atoms with Crippen molar-refractivity contribution in [2.75, 3.05) is 5.32 Å². The number of ketones is 2. The summed E-state index contributed by atoms with van der Waals surface area (Å²) in [5, 5.41) is 3.38. The number of carbonyl (C=O) groups is 3. The van der Waals surface area contributed by atoms with Gasteiger partial charge in [-0.2, -0.15) is 13.2 Å². The molecule has 0 bridgehead atoms. The van der Waals surface area contributed by atoms with Crippen molar-refractivity contribution in [2.24, 2.45) is 5.92 Å². The second-order valence-corrected chi connectivity index (χ2v) is 11.9. The molecule has 0 aliphatic heterocycles. The van der Waals surface area contributed by atoms with Crippen molar-refractivity contribution in [2.45, 2.75) is 29.3 Å². The molecule has 2 unspecified atom stereocenters. The molecule has 0 saturated heterocycles. The van der Waals surface area contributed by atoms with Crippen LogP contribution in [0.4, 0.5) is 23.2 Å². The molecule has 1 aliphatic carbocycles. The lowest BCUT2D eigenvalue weighted by Gasteiger charge is -2.11. The summed E-state index contributed by atoms with van der Waals surface area (Å²) in [6.07, 6.45) is -6.69. The van der Waals surface area contributed by atoms with Crippen molar-refractivity contribution < 1.29 is 31.9 Å². The highest BCUT2D eigenvalue weighted by molar-refractivity contribution is 6.53. The SMILES string of the molecule is O=C(Cc1ccc(F)c(CC(=O)C(F)(F)F)c1)c1cc(NC(=O)C2C(c3cc(Cl)cc(Cl)c3)C2(Cl)Cl)ccc1Cl. The van der Waals surface area contributed by atoms with Crippen LogP contribution in [0.5, 0.6) is 0 Å². The zero-order valence-electron chi connectivity index (χ0n) is 19.9. The molecule has 4 nitrogen and oxygen atoms in total. The Labute approximate surface area is 250 Å². The van der Waals surface area contributed by atoms with Crippen LogP contribution in [0.25, 0.3) is 0 Å². The van der Waals surface area contributed by atoms with E-state index in [1.54, 1.807) is 12.1 Å². The fourth-order valence-corrected chi connectivity index (χ4v) is 5.88. The number of carbonyl (C=O) groups excluding carboxylic acids is 3. The number of Topliss-reactive ketones (excluding diaryl/α,β-unsaturated/α-hetero) is 2. The van der Waals surface area contributed by atoms with Crippen molar-refractivity contribution in [1.82, 2.24) is 0 Å². The van der Waals surface area contributed by atoms with E-state index < -0.39 is 57.6 Å². The zero-order valence-corrected chi connectivity index (χ0v) is 23.7. The molecule has 210 valence electrons. The van der Waals surface area contributed by atoms with Gasteiger partial charge in [0, 0.05) is 40.1 Å². The molecule has 40 heavy (non-hydrogen) atoms. The quantitative estimate of drug-likeness (QED) is 0.151. The molecule has 3 aromatic rings. The lowest BCUT2D eigenvalue weighted by Crippen LogP contribution is -2.25. The normalized spacial score (nSPS) is 17.8. The highest BCUT2D eigenvalue weighted by Gasteiger charge is 2.67. The first-order chi connectivity index (χ1) is 18.6. The third kappa shape index (κ3) is 6.74. The predicted molar refractivity (Wildman–Crippen MR) is 146 cm³/mol. The standard InChI is InChI=1S/C27H16Cl5F4NO3/c28-15-7-14(8-16(29)10-15)23-24(26(23,31)32)25(40)37-17-2-3-19(30)18(11-17)21(38)6-12-1-4-20(33)13(5-12)9-22(39)27(34,35)36/h1-5,7-8,10-11,23-24H,6,9H2,(H,37,40).